The minimum Gasteiger partial charge on any atom is -0.356 e. The fourth-order valence-corrected chi connectivity index (χ4v) is 3.57. The molecule has 156 valence electrons. The molecule has 1 saturated carbocycles. The average Bonchev–Trinajstić information content (AvgIpc) is 2.69. The predicted molar refractivity (Wildman–Crippen MR) is 105 cm³/mol. The van der Waals surface area contributed by atoms with Gasteiger partial charge in [-0.2, -0.15) is 0 Å². The molecule has 1 aromatic rings. The smallest absolute Gasteiger partial charge is 0.254 e. The van der Waals surface area contributed by atoms with Crippen molar-refractivity contribution in [3.05, 3.63) is 35.4 Å². The van der Waals surface area contributed by atoms with Gasteiger partial charge in [-0.25, -0.2) is 8.78 Å². The van der Waals surface area contributed by atoms with Crippen LogP contribution in [0.3, 0.4) is 0 Å². The molecule has 28 heavy (non-hydrogen) atoms. The molecule has 1 aromatic carbocycles. The van der Waals surface area contributed by atoms with Gasteiger partial charge in [-0.05, 0) is 51.4 Å². The summed E-state index contributed by atoms with van der Waals surface area (Å²) in [6, 6.07) is 3.50. The van der Waals surface area contributed by atoms with Crippen LogP contribution in [-0.2, 0) is 4.79 Å². The van der Waals surface area contributed by atoms with Crippen LogP contribution in [0.4, 0.5) is 8.78 Å². The normalized spacial score (nSPS) is 14.9. The van der Waals surface area contributed by atoms with E-state index in [4.69, 9.17) is 0 Å². The number of nitrogens with one attached hydrogen (secondary N) is 2. The molecule has 0 spiro atoms. The molecule has 5 nitrogen and oxygen atoms in total. The van der Waals surface area contributed by atoms with Crippen LogP contribution >= 0.6 is 0 Å². The number of hydrogen-bond acceptors (Lipinski definition) is 3. The second-order valence-electron chi connectivity index (χ2n) is 7.46. The van der Waals surface area contributed by atoms with Gasteiger partial charge in [-0.3, -0.25) is 9.59 Å². The van der Waals surface area contributed by atoms with Crippen molar-refractivity contribution in [3.8, 4) is 0 Å². The standard InChI is InChI=1S/C21H31F2N3O2/c1-26(17-7-3-2-4-8-17)14-6-13-24-20(27)9-5-12-25-21(28)18-11-10-16(22)15-19(18)23/h10-11,15,17H,2-9,12-14H2,1H3,(H,24,27)(H,25,28). The summed E-state index contributed by atoms with van der Waals surface area (Å²) >= 11 is 0. The van der Waals surface area contributed by atoms with E-state index >= 15 is 0 Å². The van der Waals surface area contributed by atoms with Gasteiger partial charge in [0.1, 0.15) is 11.6 Å². The summed E-state index contributed by atoms with van der Waals surface area (Å²) in [4.78, 5) is 26.1. The predicted octanol–water partition coefficient (Wildman–Crippen LogP) is 3.25. The Bertz CT molecular complexity index is 649. The van der Waals surface area contributed by atoms with Gasteiger partial charge in [0, 0.05) is 31.6 Å². The lowest BCUT2D eigenvalue weighted by Crippen LogP contribution is -2.36. The van der Waals surface area contributed by atoms with Gasteiger partial charge in [-0.1, -0.05) is 19.3 Å². The number of amides is 2. The third kappa shape index (κ3) is 7.54. The molecule has 1 aliphatic rings. The lowest BCUT2D eigenvalue weighted by molar-refractivity contribution is -0.121. The number of nitrogens with zero attached hydrogens (tertiary/aromatic N) is 1. The van der Waals surface area contributed by atoms with E-state index in [1.54, 1.807) is 0 Å². The Balaban J connectivity index is 1.53. The molecule has 1 fully saturated rings. The van der Waals surface area contributed by atoms with Crippen LogP contribution in [0, 0.1) is 11.6 Å². The molecule has 0 unspecified atom stereocenters. The Labute approximate surface area is 165 Å². The number of hydrogen-bond donors (Lipinski definition) is 2. The number of halogens is 2. The summed E-state index contributed by atoms with van der Waals surface area (Å²) < 4.78 is 26.4. The van der Waals surface area contributed by atoms with E-state index in [0.717, 1.165) is 25.1 Å². The molecule has 0 saturated heterocycles. The summed E-state index contributed by atoms with van der Waals surface area (Å²) in [5, 5.41) is 5.44. The maximum Gasteiger partial charge on any atom is 0.254 e. The van der Waals surface area contributed by atoms with Crippen LogP contribution in [0.2, 0.25) is 0 Å². The summed E-state index contributed by atoms with van der Waals surface area (Å²) in [5.74, 6) is -2.28. The molecule has 0 atom stereocenters. The molecule has 1 aliphatic carbocycles. The Morgan fingerprint density at radius 2 is 1.79 bits per heavy atom. The van der Waals surface area contributed by atoms with Crippen molar-refractivity contribution in [1.29, 1.82) is 0 Å². The fraction of sp³-hybridized carbons (Fsp3) is 0.619. The maximum atomic E-state index is 13.5. The van der Waals surface area contributed by atoms with Crippen molar-refractivity contribution in [3.63, 3.8) is 0 Å². The van der Waals surface area contributed by atoms with E-state index in [1.807, 2.05) is 0 Å². The zero-order chi connectivity index (χ0) is 20.4. The van der Waals surface area contributed by atoms with E-state index < -0.39 is 17.5 Å². The number of rotatable bonds is 10. The van der Waals surface area contributed by atoms with Crippen LogP contribution < -0.4 is 10.6 Å². The quantitative estimate of drug-likeness (QED) is 0.598. The first-order chi connectivity index (χ1) is 13.5. The molecule has 2 amide bonds. The van der Waals surface area contributed by atoms with Crippen LogP contribution in [0.1, 0.15) is 61.7 Å². The van der Waals surface area contributed by atoms with Gasteiger partial charge in [-0.15, -0.1) is 0 Å². The summed E-state index contributed by atoms with van der Waals surface area (Å²) in [5.41, 5.74) is -0.201. The monoisotopic (exact) mass is 395 g/mol. The second kappa shape index (κ2) is 11.7. The van der Waals surface area contributed by atoms with Gasteiger partial charge >= 0.3 is 0 Å². The molecule has 7 heteroatoms. The minimum atomic E-state index is -0.895. The van der Waals surface area contributed by atoms with E-state index in [-0.39, 0.29) is 18.0 Å². The second-order valence-corrected chi connectivity index (χ2v) is 7.46. The van der Waals surface area contributed by atoms with E-state index in [9.17, 15) is 18.4 Å². The molecule has 0 aromatic heterocycles. The Morgan fingerprint density at radius 1 is 1.07 bits per heavy atom. The van der Waals surface area contributed by atoms with Crippen molar-refractivity contribution in [1.82, 2.24) is 15.5 Å². The Kier molecular flexibility index (Phi) is 9.34. The zero-order valence-corrected chi connectivity index (χ0v) is 16.6. The molecule has 0 bridgehead atoms. The fourth-order valence-electron chi connectivity index (χ4n) is 3.57. The number of benzene rings is 1. The first kappa shape index (κ1) is 22.3. The molecule has 0 heterocycles. The van der Waals surface area contributed by atoms with E-state index in [2.05, 4.69) is 22.6 Å². The van der Waals surface area contributed by atoms with Crippen LogP contribution in [-0.4, -0.2) is 49.4 Å². The summed E-state index contributed by atoms with van der Waals surface area (Å²) in [6.07, 6.45) is 8.20. The minimum absolute atomic E-state index is 0.0532. The summed E-state index contributed by atoms with van der Waals surface area (Å²) in [7, 11) is 2.16. The molecule has 2 N–H and O–H groups in total. The van der Waals surface area contributed by atoms with Gasteiger partial charge in [0.05, 0.1) is 5.56 Å². The van der Waals surface area contributed by atoms with Gasteiger partial charge in [0.2, 0.25) is 5.91 Å². The largest absolute Gasteiger partial charge is 0.356 e. The van der Waals surface area contributed by atoms with Crippen molar-refractivity contribution in [2.24, 2.45) is 0 Å². The zero-order valence-electron chi connectivity index (χ0n) is 16.6. The highest BCUT2D eigenvalue weighted by Gasteiger charge is 2.17. The third-order valence-electron chi connectivity index (χ3n) is 5.25. The van der Waals surface area contributed by atoms with E-state index in [1.165, 1.54) is 32.1 Å². The maximum absolute atomic E-state index is 13.5. The number of carbonyl (C=O) groups excluding carboxylic acids is 2. The van der Waals surface area contributed by atoms with Crippen LogP contribution in [0.15, 0.2) is 18.2 Å². The molecular formula is C21H31F2N3O2. The third-order valence-corrected chi connectivity index (χ3v) is 5.25. The topological polar surface area (TPSA) is 61.4 Å². The van der Waals surface area contributed by atoms with Crippen molar-refractivity contribution in [2.45, 2.75) is 57.4 Å². The Hall–Kier alpha value is -2.02. The highest BCUT2D eigenvalue weighted by Crippen LogP contribution is 2.21. The van der Waals surface area contributed by atoms with Gasteiger partial charge in [0.15, 0.2) is 0 Å². The molecule has 0 radical (unpaired) electrons. The first-order valence-electron chi connectivity index (χ1n) is 10.2. The SMILES string of the molecule is CN(CCCNC(=O)CCCNC(=O)c1ccc(F)cc1F)C1CCCCC1. The lowest BCUT2D eigenvalue weighted by atomic mass is 9.94. The number of carbonyl (C=O) groups is 2. The van der Waals surface area contributed by atoms with Gasteiger partial charge < -0.3 is 15.5 Å². The summed E-state index contributed by atoms with van der Waals surface area (Å²) in [6.45, 7) is 1.88. The molecule has 2 rings (SSSR count). The highest BCUT2D eigenvalue weighted by molar-refractivity contribution is 5.94. The van der Waals surface area contributed by atoms with Crippen molar-refractivity contribution >= 4 is 11.8 Å². The lowest BCUT2D eigenvalue weighted by Gasteiger charge is -2.31. The first-order valence-corrected chi connectivity index (χ1v) is 10.2. The molecular weight excluding hydrogens is 364 g/mol. The molecule has 0 aliphatic heterocycles. The van der Waals surface area contributed by atoms with Gasteiger partial charge in [0.25, 0.3) is 5.91 Å². The highest BCUT2D eigenvalue weighted by atomic mass is 19.1. The Morgan fingerprint density at radius 3 is 2.50 bits per heavy atom. The van der Waals surface area contributed by atoms with Crippen molar-refractivity contribution < 1.29 is 18.4 Å². The average molecular weight is 395 g/mol. The van der Waals surface area contributed by atoms with E-state index in [0.29, 0.717) is 31.5 Å². The van der Waals surface area contributed by atoms with Crippen LogP contribution in [0.5, 0.6) is 0 Å². The van der Waals surface area contributed by atoms with Crippen molar-refractivity contribution in [2.75, 3.05) is 26.7 Å². The van der Waals surface area contributed by atoms with Crippen LogP contribution in [0.25, 0.3) is 0 Å².